The van der Waals surface area contributed by atoms with Crippen molar-refractivity contribution in [2.75, 3.05) is 13.2 Å². The Kier molecular flexibility index (Phi) is 7.07. The average Bonchev–Trinajstić information content (AvgIpc) is 2.73. The Labute approximate surface area is 173 Å². The molecule has 1 amide bonds. The molecule has 0 aliphatic carbocycles. The molecule has 0 unspecified atom stereocenters. The van der Waals surface area contributed by atoms with E-state index in [1.165, 1.54) is 11.1 Å². The molecule has 0 aliphatic rings. The number of carbonyl (C=O) groups excluding carboxylic acids is 1. The molecule has 0 atom stereocenters. The van der Waals surface area contributed by atoms with E-state index in [1.54, 1.807) is 0 Å². The summed E-state index contributed by atoms with van der Waals surface area (Å²) in [6.45, 7) is 7.27. The van der Waals surface area contributed by atoms with Crippen LogP contribution in [0.15, 0.2) is 78.9 Å². The van der Waals surface area contributed by atoms with Crippen LogP contribution in [0.3, 0.4) is 0 Å². The summed E-state index contributed by atoms with van der Waals surface area (Å²) in [7, 11) is 0. The van der Waals surface area contributed by atoms with E-state index in [2.05, 4.69) is 44.3 Å². The molecule has 29 heavy (non-hydrogen) atoms. The van der Waals surface area contributed by atoms with E-state index in [4.69, 9.17) is 4.74 Å². The molecule has 3 heteroatoms. The minimum absolute atomic E-state index is 0.0145. The monoisotopic (exact) mass is 387 g/mol. The van der Waals surface area contributed by atoms with Crippen molar-refractivity contribution in [3.05, 3.63) is 101 Å². The third-order valence-electron chi connectivity index (χ3n) is 4.98. The van der Waals surface area contributed by atoms with Crippen molar-refractivity contribution >= 4 is 5.91 Å². The van der Waals surface area contributed by atoms with Gasteiger partial charge in [0.2, 0.25) is 5.91 Å². The SMILES string of the molecule is Cc1ccc(C(C)C)c(OCCNC(=O)C(c2ccccc2)c2ccccc2)c1. The van der Waals surface area contributed by atoms with Crippen LogP contribution in [0.4, 0.5) is 0 Å². The second-order valence-corrected chi connectivity index (χ2v) is 7.59. The van der Waals surface area contributed by atoms with E-state index >= 15 is 0 Å². The lowest BCUT2D eigenvalue weighted by molar-refractivity contribution is -0.121. The Morgan fingerprint density at radius 3 is 2.03 bits per heavy atom. The first-order chi connectivity index (χ1) is 14.1. The molecule has 0 heterocycles. The normalized spacial score (nSPS) is 10.9. The third kappa shape index (κ3) is 5.47. The summed E-state index contributed by atoms with van der Waals surface area (Å²) in [5.41, 5.74) is 4.32. The first-order valence-electron chi connectivity index (χ1n) is 10.2. The van der Waals surface area contributed by atoms with Crippen molar-refractivity contribution in [1.29, 1.82) is 0 Å². The van der Waals surface area contributed by atoms with Gasteiger partial charge in [0.1, 0.15) is 12.4 Å². The lowest BCUT2D eigenvalue weighted by Gasteiger charge is -2.19. The van der Waals surface area contributed by atoms with Gasteiger partial charge in [0.15, 0.2) is 0 Å². The summed E-state index contributed by atoms with van der Waals surface area (Å²) >= 11 is 0. The largest absolute Gasteiger partial charge is 0.491 e. The topological polar surface area (TPSA) is 38.3 Å². The molecular formula is C26H29NO2. The number of aryl methyl sites for hydroxylation is 1. The number of amides is 1. The maximum absolute atomic E-state index is 13.0. The van der Waals surface area contributed by atoms with Crippen LogP contribution in [0.5, 0.6) is 5.75 Å². The summed E-state index contributed by atoms with van der Waals surface area (Å²) < 4.78 is 6.01. The van der Waals surface area contributed by atoms with Gasteiger partial charge in [-0.2, -0.15) is 0 Å². The van der Waals surface area contributed by atoms with Crippen molar-refractivity contribution in [3.63, 3.8) is 0 Å². The molecular weight excluding hydrogens is 358 g/mol. The number of carbonyl (C=O) groups is 1. The quantitative estimate of drug-likeness (QED) is 0.522. The van der Waals surface area contributed by atoms with E-state index in [1.807, 2.05) is 60.7 Å². The van der Waals surface area contributed by atoms with E-state index < -0.39 is 0 Å². The lowest BCUT2D eigenvalue weighted by atomic mass is 9.90. The Bertz CT molecular complexity index is 880. The summed E-state index contributed by atoms with van der Waals surface area (Å²) in [4.78, 5) is 13.0. The molecule has 0 radical (unpaired) electrons. The third-order valence-corrected chi connectivity index (χ3v) is 4.98. The second-order valence-electron chi connectivity index (χ2n) is 7.59. The summed E-state index contributed by atoms with van der Waals surface area (Å²) in [5, 5.41) is 3.05. The zero-order chi connectivity index (χ0) is 20.6. The molecule has 0 aliphatic heterocycles. The molecule has 0 fully saturated rings. The van der Waals surface area contributed by atoms with Crippen molar-refractivity contribution in [2.24, 2.45) is 0 Å². The molecule has 0 bridgehead atoms. The molecule has 0 saturated carbocycles. The van der Waals surface area contributed by atoms with Crippen molar-refractivity contribution < 1.29 is 9.53 Å². The van der Waals surface area contributed by atoms with Crippen LogP contribution in [0, 0.1) is 6.92 Å². The van der Waals surface area contributed by atoms with Crippen LogP contribution in [0.1, 0.15) is 47.9 Å². The van der Waals surface area contributed by atoms with Crippen LogP contribution < -0.4 is 10.1 Å². The number of hydrogen-bond donors (Lipinski definition) is 1. The van der Waals surface area contributed by atoms with Gasteiger partial charge in [0.25, 0.3) is 0 Å². The number of rotatable bonds is 8. The van der Waals surface area contributed by atoms with Crippen molar-refractivity contribution in [3.8, 4) is 5.75 Å². The predicted molar refractivity (Wildman–Crippen MR) is 118 cm³/mol. The van der Waals surface area contributed by atoms with Crippen LogP contribution in [0.2, 0.25) is 0 Å². The molecule has 150 valence electrons. The average molecular weight is 388 g/mol. The summed E-state index contributed by atoms with van der Waals surface area (Å²) in [5.74, 6) is 0.944. The Morgan fingerprint density at radius 2 is 1.48 bits per heavy atom. The van der Waals surface area contributed by atoms with E-state index in [0.717, 1.165) is 16.9 Å². The van der Waals surface area contributed by atoms with Gasteiger partial charge in [-0.1, -0.05) is 86.6 Å². The molecule has 3 rings (SSSR count). The minimum atomic E-state index is -0.331. The molecule has 3 aromatic rings. The molecule has 0 spiro atoms. The Balaban J connectivity index is 1.65. The van der Waals surface area contributed by atoms with Crippen LogP contribution in [-0.4, -0.2) is 19.1 Å². The van der Waals surface area contributed by atoms with E-state index in [0.29, 0.717) is 19.1 Å². The van der Waals surface area contributed by atoms with Gasteiger partial charge in [0.05, 0.1) is 12.5 Å². The van der Waals surface area contributed by atoms with E-state index in [-0.39, 0.29) is 11.8 Å². The number of hydrogen-bond acceptors (Lipinski definition) is 2. The first-order valence-corrected chi connectivity index (χ1v) is 10.2. The zero-order valence-corrected chi connectivity index (χ0v) is 17.4. The Hall–Kier alpha value is -3.07. The molecule has 3 aromatic carbocycles. The maximum atomic E-state index is 13.0. The van der Waals surface area contributed by atoms with Gasteiger partial charge >= 0.3 is 0 Å². The molecule has 1 N–H and O–H groups in total. The lowest BCUT2D eigenvalue weighted by Crippen LogP contribution is -2.33. The Morgan fingerprint density at radius 1 is 0.897 bits per heavy atom. The van der Waals surface area contributed by atoms with E-state index in [9.17, 15) is 4.79 Å². The first kappa shape index (κ1) is 20.7. The highest BCUT2D eigenvalue weighted by Gasteiger charge is 2.22. The van der Waals surface area contributed by atoms with Crippen molar-refractivity contribution in [2.45, 2.75) is 32.6 Å². The van der Waals surface area contributed by atoms with Gasteiger partial charge < -0.3 is 10.1 Å². The number of benzene rings is 3. The fourth-order valence-electron chi connectivity index (χ4n) is 3.47. The number of ether oxygens (including phenoxy) is 1. The number of nitrogens with one attached hydrogen (secondary N) is 1. The van der Waals surface area contributed by atoms with Crippen LogP contribution in [-0.2, 0) is 4.79 Å². The highest BCUT2D eigenvalue weighted by atomic mass is 16.5. The van der Waals surface area contributed by atoms with Gasteiger partial charge in [0, 0.05) is 0 Å². The highest BCUT2D eigenvalue weighted by Crippen LogP contribution is 2.27. The fourth-order valence-corrected chi connectivity index (χ4v) is 3.47. The molecule has 0 aromatic heterocycles. The zero-order valence-electron chi connectivity index (χ0n) is 17.4. The molecule has 0 saturated heterocycles. The molecule has 3 nitrogen and oxygen atoms in total. The highest BCUT2D eigenvalue weighted by molar-refractivity contribution is 5.87. The summed E-state index contributed by atoms with van der Waals surface area (Å²) in [6.07, 6.45) is 0. The maximum Gasteiger partial charge on any atom is 0.232 e. The summed E-state index contributed by atoms with van der Waals surface area (Å²) in [6, 6.07) is 26.1. The van der Waals surface area contributed by atoms with Crippen molar-refractivity contribution in [1.82, 2.24) is 5.32 Å². The van der Waals surface area contributed by atoms with Crippen LogP contribution in [0.25, 0.3) is 0 Å². The predicted octanol–water partition coefficient (Wildman–Crippen LogP) is 5.45. The fraction of sp³-hybridized carbons (Fsp3) is 0.269. The van der Waals surface area contributed by atoms with Gasteiger partial charge in [-0.25, -0.2) is 0 Å². The second kappa shape index (κ2) is 9.92. The smallest absolute Gasteiger partial charge is 0.232 e. The standard InChI is InChI=1S/C26H29NO2/c1-19(2)23-15-14-20(3)18-24(23)29-17-16-27-26(28)25(21-10-6-4-7-11-21)22-12-8-5-9-13-22/h4-15,18-19,25H,16-17H2,1-3H3,(H,27,28). The van der Waals surface area contributed by atoms with Crippen LogP contribution >= 0.6 is 0 Å². The van der Waals surface area contributed by atoms with Gasteiger partial charge in [-0.15, -0.1) is 0 Å². The minimum Gasteiger partial charge on any atom is -0.491 e. The van der Waals surface area contributed by atoms with Gasteiger partial charge in [-0.05, 0) is 41.2 Å². The van der Waals surface area contributed by atoms with Gasteiger partial charge in [-0.3, -0.25) is 4.79 Å².